The Morgan fingerprint density at radius 2 is 2.00 bits per heavy atom. The minimum Gasteiger partial charge on any atom is -0.497 e. The summed E-state index contributed by atoms with van der Waals surface area (Å²) < 4.78 is 10.8. The number of benzene rings is 1. The molecule has 1 aliphatic rings. The van der Waals surface area contributed by atoms with Crippen molar-refractivity contribution in [3.8, 4) is 11.5 Å². The smallest absolute Gasteiger partial charge is 0.123 e. The van der Waals surface area contributed by atoms with Crippen molar-refractivity contribution in [1.82, 2.24) is 9.80 Å². The number of ether oxygens (including phenoxy) is 2. The minimum absolute atomic E-state index is 0.240. The molecule has 1 aliphatic heterocycles. The Hall–Kier alpha value is -1.30. The molecule has 1 saturated heterocycles. The monoisotopic (exact) mass is 322 g/mol. The number of methoxy groups -OCH3 is 2. The highest BCUT2D eigenvalue weighted by Crippen LogP contribution is 2.26. The van der Waals surface area contributed by atoms with Gasteiger partial charge in [-0.25, -0.2) is 0 Å². The maximum Gasteiger partial charge on any atom is 0.123 e. The van der Waals surface area contributed by atoms with Gasteiger partial charge in [-0.3, -0.25) is 9.80 Å². The summed E-state index contributed by atoms with van der Waals surface area (Å²) in [5, 5.41) is 9.36. The van der Waals surface area contributed by atoms with E-state index in [1.54, 1.807) is 14.2 Å². The highest BCUT2D eigenvalue weighted by molar-refractivity contribution is 5.40. The van der Waals surface area contributed by atoms with Crippen molar-refractivity contribution < 1.29 is 14.6 Å². The highest BCUT2D eigenvalue weighted by atomic mass is 16.5. The second-order valence-electron chi connectivity index (χ2n) is 6.41. The summed E-state index contributed by atoms with van der Waals surface area (Å²) in [5.74, 6) is 1.75. The van der Waals surface area contributed by atoms with Crippen LogP contribution in [0, 0.1) is 0 Å². The molecule has 130 valence electrons. The lowest BCUT2D eigenvalue weighted by molar-refractivity contribution is 0.0346. The Balaban J connectivity index is 2.08. The molecule has 1 fully saturated rings. The zero-order valence-electron chi connectivity index (χ0n) is 14.8. The molecular weight excluding hydrogens is 292 g/mol. The summed E-state index contributed by atoms with van der Waals surface area (Å²) in [7, 11) is 3.39. The van der Waals surface area contributed by atoms with Gasteiger partial charge < -0.3 is 14.6 Å². The van der Waals surface area contributed by atoms with E-state index in [4.69, 9.17) is 9.47 Å². The van der Waals surface area contributed by atoms with Gasteiger partial charge in [-0.2, -0.15) is 0 Å². The molecule has 1 aromatic carbocycles. The van der Waals surface area contributed by atoms with Crippen molar-refractivity contribution in [3.63, 3.8) is 0 Å². The Morgan fingerprint density at radius 1 is 1.22 bits per heavy atom. The SMILES string of the molecule is COc1ccc(OC)c(CN2CCN(C(C)C)C(CCO)C2)c1. The van der Waals surface area contributed by atoms with Crippen LogP contribution in [-0.2, 0) is 6.54 Å². The molecule has 1 atom stereocenters. The van der Waals surface area contributed by atoms with Crippen LogP contribution in [0.2, 0.25) is 0 Å². The van der Waals surface area contributed by atoms with Crippen molar-refractivity contribution in [2.75, 3.05) is 40.5 Å². The van der Waals surface area contributed by atoms with Crippen LogP contribution in [0.5, 0.6) is 11.5 Å². The molecule has 5 heteroatoms. The fourth-order valence-electron chi connectivity index (χ4n) is 3.41. The van der Waals surface area contributed by atoms with Gasteiger partial charge in [-0.15, -0.1) is 0 Å². The summed E-state index contributed by atoms with van der Waals surface area (Å²) in [6, 6.07) is 6.86. The average molecular weight is 322 g/mol. The largest absolute Gasteiger partial charge is 0.497 e. The topological polar surface area (TPSA) is 45.2 Å². The third kappa shape index (κ3) is 4.59. The molecule has 0 bridgehead atoms. The van der Waals surface area contributed by atoms with Gasteiger partial charge >= 0.3 is 0 Å². The van der Waals surface area contributed by atoms with E-state index in [2.05, 4.69) is 29.7 Å². The summed E-state index contributed by atoms with van der Waals surface area (Å²) >= 11 is 0. The van der Waals surface area contributed by atoms with E-state index < -0.39 is 0 Å². The summed E-state index contributed by atoms with van der Waals surface area (Å²) in [6.07, 6.45) is 0.823. The van der Waals surface area contributed by atoms with E-state index in [0.717, 1.165) is 49.7 Å². The van der Waals surface area contributed by atoms with Gasteiger partial charge in [0.15, 0.2) is 0 Å². The quantitative estimate of drug-likeness (QED) is 0.832. The van der Waals surface area contributed by atoms with Gasteiger partial charge in [0.2, 0.25) is 0 Å². The van der Waals surface area contributed by atoms with Crippen LogP contribution in [0.3, 0.4) is 0 Å². The van der Waals surface area contributed by atoms with Gasteiger partial charge in [-0.1, -0.05) is 0 Å². The van der Waals surface area contributed by atoms with Crippen LogP contribution in [0.1, 0.15) is 25.8 Å². The van der Waals surface area contributed by atoms with Gasteiger partial charge in [0.25, 0.3) is 0 Å². The first-order valence-corrected chi connectivity index (χ1v) is 8.39. The third-order valence-corrected chi connectivity index (χ3v) is 4.62. The number of aliphatic hydroxyl groups is 1. The van der Waals surface area contributed by atoms with E-state index in [9.17, 15) is 5.11 Å². The van der Waals surface area contributed by atoms with Crippen molar-refractivity contribution in [2.24, 2.45) is 0 Å². The van der Waals surface area contributed by atoms with Gasteiger partial charge in [-0.05, 0) is 38.5 Å². The molecule has 2 rings (SSSR count). The van der Waals surface area contributed by atoms with Crippen molar-refractivity contribution in [2.45, 2.75) is 38.9 Å². The number of nitrogens with zero attached hydrogens (tertiary/aromatic N) is 2. The fourth-order valence-corrected chi connectivity index (χ4v) is 3.41. The highest BCUT2D eigenvalue weighted by Gasteiger charge is 2.28. The van der Waals surface area contributed by atoms with Crippen LogP contribution in [0.15, 0.2) is 18.2 Å². The molecule has 0 aromatic heterocycles. The number of hydrogen-bond acceptors (Lipinski definition) is 5. The Labute approximate surface area is 139 Å². The first-order valence-electron chi connectivity index (χ1n) is 8.39. The van der Waals surface area contributed by atoms with Crippen LogP contribution in [0.25, 0.3) is 0 Å². The molecule has 1 aromatic rings. The molecule has 1 N–H and O–H groups in total. The Morgan fingerprint density at radius 3 is 2.61 bits per heavy atom. The summed E-state index contributed by atoms with van der Waals surface area (Å²) in [4.78, 5) is 4.94. The molecule has 0 radical (unpaired) electrons. The maximum atomic E-state index is 9.36. The van der Waals surface area contributed by atoms with Crippen LogP contribution in [0.4, 0.5) is 0 Å². The molecule has 0 amide bonds. The predicted octanol–water partition coefficient (Wildman–Crippen LogP) is 1.98. The molecule has 0 spiro atoms. The second-order valence-corrected chi connectivity index (χ2v) is 6.41. The van der Waals surface area contributed by atoms with Gasteiger partial charge in [0.05, 0.1) is 14.2 Å². The van der Waals surface area contributed by atoms with Gasteiger partial charge in [0, 0.05) is 50.4 Å². The van der Waals surface area contributed by atoms with Crippen molar-refractivity contribution in [3.05, 3.63) is 23.8 Å². The average Bonchev–Trinajstić information content (AvgIpc) is 2.55. The number of hydrogen-bond donors (Lipinski definition) is 1. The van der Waals surface area contributed by atoms with Crippen molar-refractivity contribution >= 4 is 0 Å². The third-order valence-electron chi connectivity index (χ3n) is 4.62. The van der Waals surface area contributed by atoms with Crippen LogP contribution in [-0.4, -0.2) is 67.5 Å². The van der Waals surface area contributed by atoms with E-state index in [1.807, 2.05) is 12.1 Å². The molecule has 5 nitrogen and oxygen atoms in total. The molecular formula is C18H30N2O3. The lowest BCUT2D eigenvalue weighted by Crippen LogP contribution is -2.55. The zero-order valence-corrected chi connectivity index (χ0v) is 14.8. The second kappa shape index (κ2) is 8.52. The molecule has 1 unspecified atom stereocenters. The number of aliphatic hydroxyl groups excluding tert-OH is 1. The van der Waals surface area contributed by atoms with E-state index >= 15 is 0 Å². The van der Waals surface area contributed by atoms with Crippen LogP contribution < -0.4 is 9.47 Å². The first-order chi connectivity index (χ1) is 11.1. The fraction of sp³-hybridized carbons (Fsp3) is 0.667. The minimum atomic E-state index is 0.240. The van der Waals surface area contributed by atoms with Crippen molar-refractivity contribution in [1.29, 1.82) is 0 Å². The molecule has 0 aliphatic carbocycles. The van der Waals surface area contributed by atoms with E-state index in [-0.39, 0.29) is 6.61 Å². The molecule has 23 heavy (non-hydrogen) atoms. The van der Waals surface area contributed by atoms with Gasteiger partial charge in [0.1, 0.15) is 11.5 Å². The first kappa shape index (κ1) is 18.0. The summed E-state index contributed by atoms with van der Waals surface area (Å²) in [6.45, 7) is 8.57. The summed E-state index contributed by atoms with van der Waals surface area (Å²) in [5.41, 5.74) is 1.15. The standard InChI is InChI=1S/C18H30N2O3/c1-14(2)20-9-8-19(13-16(20)7-10-21)12-15-11-17(22-3)5-6-18(15)23-4/h5-6,11,14,16,21H,7-10,12-13H2,1-4H3. The normalized spacial score (nSPS) is 20.0. The zero-order chi connectivity index (χ0) is 16.8. The number of rotatable bonds is 7. The van der Waals surface area contributed by atoms with E-state index in [0.29, 0.717) is 12.1 Å². The Bertz CT molecular complexity index is 493. The maximum absolute atomic E-state index is 9.36. The number of piperazine rings is 1. The predicted molar refractivity (Wildman–Crippen MR) is 92.2 cm³/mol. The Kier molecular flexibility index (Phi) is 6.69. The van der Waals surface area contributed by atoms with Crippen LogP contribution >= 0.6 is 0 Å². The van der Waals surface area contributed by atoms with E-state index in [1.165, 1.54) is 0 Å². The molecule has 1 heterocycles. The molecule has 0 saturated carbocycles. The lowest BCUT2D eigenvalue weighted by atomic mass is 10.1. The lowest BCUT2D eigenvalue weighted by Gasteiger charge is -2.43.